The van der Waals surface area contributed by atoms with E-state index in [0.29, 0.717) is 5.02 Å². The molecule has 0 unspecified atom stereocenters. The molecule has 0 atom stereocenters. The molecule has 0 bridgehead atoms. The molecule has 1 aromatic rings. The van der Waals surface area contributed by atoms with Crippen LogP contribution in [0.1, 0.15) is 0 Å². The van der Waals surface area contributed by atoms with Gasteiger partial charge in [0, 0.05) is 5.02 Å². The Balaban J connectivity index is 2.05. The monoisotopic (exact) mass is 334 g/mol. The van der Waals surface area contributed by atoms with E-state index in [9.17, 15) is 24.0 Å². The van der Waals surface area contributed by atoms with E-state index in [0.717, 1.165) is 5.01 Å². The summed E-state index contributed by atoms with van der Waals surface area (Å²) in [7, 11) is 0. The number of nitrogens with zero attached hydrogens (tertiary/aromatic N) is 1. The van der Waals surface area contributed by atoms with E-state index in [4.69, 9.17) is 11.6 Å². The molecular formula is C13H7ClN4O5. The zero-order valence-electron chi connectivity index (χ0n) is 11.2. The van der Waals surface area contributed by atoms with Crippen LogP contribution in [0.4, 0.5) is 10.5 Å². The van der Waals surface area contributed by atoms with E-state index in [1.807, 2.05) is 0 Å². The highest BCUT2D eigenvalue weighted by Gasteiger charge is 2.43. The first kappa shape index (κ1) is 14.7. The van der Waals surface area contributed by atoms with E-state index in [1.165, 1.54) is 12.1 Å². The topological polar surface area (TPSA) is 125 Å². The number of benzene rings is 1. The van der Waals surface area contributed by atoms with Gasteiger partial charge in [-0.1, -0.05) is 17.7 Å². The summed E-state index contributed by atoms with van der Waals surface area (Å²) in [5.41, 5.74) is 1.09. The number of imide groups is 2. The molecular weight excluding hydrogens is 328 g/mol. The van der Waals surface area contributed by atoms with Crippen LogP contribution in [0.5, 0.6) is 0 Å². The number of carbonyl (C=O) groups excluding carboxylic acids is 5. The highest BCUT2D eigenvalue weighted by atomic mass is 35.5. The third-order valence-corrected chi connectivity index (χ3v) is 3.32. The molecule has 0 aliphatic carbocycles. The first-order valence-electron chi connectivity index (χ1n) is 6.20. The number of barbiturate groups is 1. The normalized spacial score (nSPS) is 18.1. The molecule has 6 amide bonds. The number of hydrogen-bond acceptors (Lipinski definition) is 5. The largest absolute Gasteiger partial charge is 0.328 e. The third kappa shape index (κ3) is 2.42. The van der Waals surface area contributed by atoms with Gasteiger partial charge in [-0.05, 0) is 18.2 Å². The highest BCUT2D eigenvalue weighted by molar-refractivity contribution is 6.40. The lowest BCUT2D eigenvalue weighted by Gasteiger charge is -2.16. The van der Waals surface area contributed by atoms with Crippen molar-refractivity contribution in [2.45, 2.75) is 0 Å². The number of hydrogen-bond donors (Lipinski definition) is 3. The van der Waals surface area contributed by atoms with E-state index in [2.05, 4.69) is 5.43 Å². The molecule has 23 heavy (non-hydrogen) atoms. The van der Waals surface area contributed by atoms with Crippen LogP contribution >= 0.6 is 11.6 Å². The molecule has 2 aliphatic heterocycles. The van der Waals surface area contributed by atoms with Crippen LogP contribution in [0.15, 0.2) is 35.4 Å². The molecule has 9 nitrogen and oxygen atoms in total. The zero-order valence-corrected chi connectivity index (χ0v) is 11.9. The van der Waals surface area contributed by atoms with Crippen LogP contribution in [0, 0.1) is 0 Å². The lowest BCUT2D eigenvalue weighted by molar-refractivity contribution is -0.126. The average Bonchev–Trinajstić information content (AvgIpc) is 2.74. The number of anilines is 1. The van der Waals surface area contributed by atoms with Gasteiger partial charge in [0.25, 0.3) is 23.6 Å². The van der Waals surface area contributed by atoms with Crippen LogP contribution in [0.25, 0.3) is 0 Å². The summed E-state index contributed by atoms with van der Waals surface area (Å²) in [6.45, 7) is 0. The lowest BCUT2D eigenvalue weighted by Crippen LogP contribution is -2.52. The van der Waals surface area contributed by atoms with Crippen molar-refractivity contribution < 1.29 is 24.0 Å². The molecule has 3 rings (SSSR count). The van der Waals surface area contributed by atoms with Crippen LogP contribution in [-0.2, 0) is 19.2 Å². The van der Waals surface area contributed by atoms with Crippen LogP contribution in [-0.4, -0.2) is 29.7 Å². The minimum absolute atomic E-state index is 0.249. The van der Waals surface area contributed by atoms with Crippen molar-refractivity contribution >= 4 is 46.9 Å². The van der Waals surface area contributed by atoms with Gasteiger partial charge in [0.1, 0.15) is 11.1 Å². The predicted molar refractivity (Wildman–Crippen MR) is 75.8 cm³/mol. The fraction of sp³-hybridized carbons (Fsp3) is 0. The maximum Gasteiger partial charge on any atom is 0.328 e. The van der Waals surface area contributed by atoms with Crippen molar-refractivity contribution in [3.63, 3.8) is 0 Å². The molecule has 0 saturated carbocycles. The van der Waals surface area contributed by atoms with E-state index in [-0.39, 0.29) is 5.69 Å². The second-order valence-electron chi connectivity index (χ2n) is 4.55. The molecule has 2 aliphatic rings. The minimum Gasteiger partial charge on any atom is -0.273 e. The number of hydrazine groups is 1. The van der Waals surface area contributed by atoms with Gasteiger partial charge < -0.3 is 0 Å². The third-order valence-electron chi connectivity index (χ3n) is 3.08. The van der Waals surface area contributed by atoms with Crippen molar-refractivity contribution in [1.82, 2.24) is 16.1 Å². The Hall–Kier alpha value is -3.20. The highest BCUT2D eigenvalue weighted by Crippen LogP contribution is 2.24. The fourth-order valence-corrected chi connectivity index (χ4v) is 2.31. The summed E-state index contributed by atoms with van der Waals surface area (Å²) in [4.78, 5) is 59.0. The van der Waals surface area contributed by atoms with Gasteiger partial charge >= 0.3 is 6.03 Å². The van der Waals surface area contributed by atoms with E-state index < -0.39 is 40.8 Å². The Morgan fingerprint density at radius 3 is 2.13 bits per heavy atom. The molecule has 1 aromatic carbocycles. The number of urea groups is 1. The maximum absolute atomic E-state index is 12.4. The summed E-state index contributed by atoms with van der Waals surface area (Å²) in [5.74, 6) is -4.09. The van der Waals surface area contributed by atoms with E-state index in [1.54, 1.807) is 22.8 Å². The molecule has 2 fully saturated rings. The lowest BCUT2D eigenvalue weighted by atomic mass is 10.0. The SMILES string of the molecule is O=C1NC(=O)C(=C2C(=O)NN(c3cccc(Cl)c3)C2=O)C(=O)N1. The molecule has 0 aromatic heterocycles. The molecule has 0 radical (unpaired) electrons. The summed E-state index contributed by atoms with van der Waals surface area (Å²) in [5, 5.41) is 4.78. The smallest absolute Gasteiger partial charge is 0.273 e. The second-order valence-corrected chi connectivity index (χ2v) is 4.99. The standard InChI is InChI=1S/C13H7ClN4O5/c14-5-2-1-3-6(4-5)18-12(22)8(11(21)17-18)7-9(19)15-13(23)16-10(7)20/h1-4H,(H,17,21)(H2,15,16,19,20,23). The Labute approximate surface area is 133 Å². The molecule has 2 heterocycles. The summed E-state index contributed by atoms with van der Waals surface area (Å²) >= 11 is 5.83. The molecule has 3 N–H and O–H groups in total. The van der Waals surface area contributed by atoms with E-state index >= 15 is 0 Å². The van der Waals surface area contributed by atoms with Gasteiger partial charge in [0.05, 0.1) is 5.69 Å². The molecule has 116 valence electrons. The summed E-state index contributed by atoms with van der Waals surface area (Å²) in [6.07, 6.45) is 0. The fourth-order valence-electron chi connectivity index (χ4n) is 2.13. The predicted octanol–water partition coefficient (Wildman–Crippen LogP) is -0.620. The Kier molecular flexibility index (Phi) is 3.34. The van der Waals surface area contributed by atoms with Crippen LogP contribution < -0.4 is 21.1 Å². The van der Waals surface area contributed by atoms with Crippen molar-refractivity contribution in [3.05, 3.63) is 40.4 Å². The first-order valence-corrected chi connectivity index (χ1v) is 6.58. The number of amides is 6. The van der Waals surface area contributed by atoms with Gasteiger partial charge in [-0.25, -0.2) is 9.80 Å². The Morgan fingerprint density at radius 2 is 1.52 bits per heavy atom. The first-order chi connectivity index (χ1) is 10.9. The van der Waals surface area contributed by atoms with Crippen molar-refractivity contribution in [3.8, 4) is 0 Å². The minimum atomic E-state index is -1.12. The molecule has 0 spiro atoms. The van der Waals surface area contributed by atoms with Crippen molar-refractivity contribution in [2.75, 3.05) is 5.01 Å². The van der Waals surface area contributed by atoms with Gasteiger partial charge in [0.15, 0.2) is 0 Å². The number of rotatable bonds is 1. The van der Waals surface area contributed by atoms with Crippen LogP contribution in [0.2, 0.25) is 5.02 Å². The van der Waals surface area contributed by atoms with Gasteiger partial charge in [-0.3, -0.25) is 35.2 Å². The van der Waals surface area contributed by atoms with Gasteiger partial charge in [-0.2, -0.15) is 0 Å². The summed E-state index contributed by atoms with van der Waals surface area (Å²) in [6, 6.07) is 5.02. The van der Waals surface area contributed by atoms with Crippen LogP contribution in [0.3, 0.4) is 0 Å². The van der Waals surface area contributed by atoms with Crippen molar-refractivity contribution in [1.29, 1.82) is 0 Å². The number of carbonyl (C=O) groups is 5. The number of nitrogens with one attached hydrogen (secondary N) is 3. The van der Waals surface area contributed by atoms with Gasteiger partial charge in [0.2, 0.25) is 0 Å². The maximum atomic E-state index is 12.4. The Bertz CT molecular complexity index is 809. The quantitative estimate of drug-likeness (QED) is 0.466. The summed E-state index contributed by atoms with van der Waals surface area (Å²) < 4.78 is 0. The molecule has 10 heteroatoms. The molecule has 2 saturated heterocycles. The van der Waals surface area contributed by atoms with Crippen molar-refractivity contribution in [2.24, 2.45) is 0 Å². The Morgan fingerprint density at radius 1 is 0.870 bits per heavy atom. The zero-order chi connectivity index (χ0) is 16.7. The average molecular weight is 335 g/mol. The van der Waals surface area contributed by atoms with Gasteiger partial charge in [-0.15, -0.1) is 0 Å². The second kappa shape index (κ2) is 5.21. The number of halogens is 1.